The molecule has 0 saturated heterocycles. The highest BCUT2D eigenvalue weighted by Crippen LogP contribution is 2.34. The van der Waals surface area contributed by atoms with Gasteiger partial charge in [0.05, 0.1) is 23.1 Å². The third kappa shape index (κ3) is 5.16. The number of hydrogen-bond acceptors (Lipinski definition) is 10. The highest BCUT2D eigenvalue weighted by Gasteiger charge is 2.35. The van der Waals surface area contributed by atoms with Crippen LogP contribution < -0.4 is 4.74 Å². The number of methoxy groups -OCH3 is 2. The minimum atomic E-state index is -3.87. The number of para-hydroxylation sites is 1. The van der Waals surface area contributed by atoms with E-state index in [1.807, 2.05) is 32.9 Å². The number of ether oxygens (including phenoxy) is 2. The summed E-state index contributed by atoms with van der Waals surface area (Å²) in [5.41, 5.74) is 2.72. The summed E-state index contributed by atoms with van der Waals surface area (Å²) in [6, 6.07) is 5.54. The monoisotopic (exact) mass is 560 g/mol. The quantitative estimate of drug-likeness (QED) is 0.277. The van der Waals surface area contributed by atoms with Crippen molar-refractivity contribution in [3.8, 4) is 23.0 Å². The predicted molar refractivity (Wildman–Crippen MR) is 141 cm³/mol. The van der Waals surface area contributed by atoms with E-state index in [0.29, 0.717) is 40.2 Å². The first-order valence-electron chi connectivity index (χ1n) is 11.9. The number of rotatable bonds is 10. The lowest BCUT2D eigenvalue weighted by Gasteiger charge is -2.22. The number of aryl methyl sites for hydroxylation is 2. The number of sulfone groups is 1. The first kappa shape index (κ1) is 27.7. The molecule has 0 aliphatic heterocycles. The van der Waals surface area contributed by atoms with E-state index in [4.69, 9.17) is 25.6 Å². The third-order valence-electron chi connectivity index (χ3n) is 6.40. The molecule has 4 rings (SSSR count). The van der Waals surface area contributed by atoms with Gasteiger partial charge in [-0.2, -0.15) is 0 Å². The second-order valence-electron chi connectivity index (χ2n) is 8.76. The van der Waals surface area contributed by atoms with Gasteiger partial charge in [-0.15, -0.1) is 10.2 Å². The summed E-state index contributed by atoms with van der Waals surface area (Å²) in [7, 11) is -0.913. The summed E-state index contributed by atoms with van der Waals surface area (Å²) in [4.78, 5) is 8.31. The van der Waals surface area contributed by atoms with Gasteiger partial charge in [-0.3, -0.25) is 4.57 Å². The van der Waals surface area contributed by atoms with Crippen LogP contribution in [0.4, 0.5) is 0 Å². The molecular weight excluding hydrogens is 532 g/mol. The van der Waals surface area contributed by atoms with Gasteiger partial charge in [0.15, 0.2) is 33.0 Å². The van der Waals surface area contributed by atoms with Crippen molar-refractivity contribution in [2.75, 3.05) is 14.2 Å². The summed E-state index contributed by atoms with van der Waals surface area (Å²) >= 11 is 5.90. The standard InChI is InChI=1S/C25H29ClN6O5S/c1-7-18-15(3)21(31-37-18)25-30-29-20(32(25)22-14(2)9-8-10-19(22)35-5)13-38(33,34)16(4)23(36-6)24-27-11-17(26)12-28-24/h8-12,16,23H,7,13H2,1-6H3/t16-,23-/m0/s1. The molecule has 0 radical (unpaired) electrons. The van der Waals surface area contributed by atoms with Crippen LogP contribution in [0.15, 0.2) is 35.1 Å². The predicted octanol–water partition coefficient (Wildman–Crippen LogP) is 4.24. The molecule has 2 atom stereocenters. The topological polar surface area (TPSA) is 135 Å². The Labute approximate surface area is 226 Å². The van der Waals surface area contributed by atoms with Gasteiger partial charge in [0.2, 0.25) is 0 Å². The molecule has 13 heteroatoms. The second-order valence-corrected chi connectivity index (χ2v) is 11.6. The average molecular weight is 561 g/mol. The Morgan fingerprint density at radius 2 is 1.84 bits per heavy atom. The van der Waals surface area contributed by atoms with Crippen molar-refractivity contribution in [2.24, 2.45) is 0 Å². The summed E-state index contributed by atoms with van der Waals surface area (Å²) in [6.07, 6.45) is 2.51. The minimum Gasteiger partial charge on any atom is -0.495 e. The molecule has 202 valence electrons. The molecule has 0 fully saturated rings. The summed E-state index contributed by atoms with van der Waals surface area (Å²) < 4.78 is 45.8. The normalized spacial score (nSPS) is 13.4. The number of benzene rings is 1. The van der Waals surface area contributed by atoms with Crippen molar-refractivity contribution in [1.82, 2.24) is 29.9 Å². The first-order valence-corrected chi connectivity index (χ1v) is 14.0. The Morgan fingerprint density at radius 1 is 1.13 bits per heavy atom. The Balaban J connectivity index is 1.84. The maximum atomic E-state index is 13.7. The van der Waals surface area contributed by atoms with Crippen LogP contribution in [0.1, 0.15) is 48.5 Å². The fraction of sp³-hybridized carbons (Fsp3) is 0.400. The van der Waals surface area contributed by atoms with E-state index in [9.17, 15) is 8.42 Å². The molecular formula is C25H29ClN6O5S. The van der Waals surface area contributed by atoms with E-state index in [1.54, 1.807) is 24.7 Å². The van der Waals surface area contributed by atoms with Gasteiger partial charge in [0.25, 0.3) is 0 Å². The zero-order chi connectivity index (χ0) is 27.6. The van der Waals surface area contributed by atoms with E-state index in [2.05, 4.69) is 25.3 Å². The van der Waals surface area contributed by atoms with Crippen LogP contribution in [0.3, 0.4) is 0 Å². The SMILES string of the molecule is CCc1onc(-c2nnc(CS(=O)(=O)[C@@H](C)[C@H](OC)c3ncc(Cl)cn3)n2-c2c(C)cccc2OC)c1C. The average Bonchev–Trinajstić information content (AvgIpc) is 3.47. The van der Waals surface area contributed by atoms with Gasteiger partial charge in [-0.1, -0.05) is 35.8 Å². The van der Waals surface area contributed by atoms with Crippen molar-refractivity contribution in [1.29, 1.82) is 0 Å². The smallest absolute Gasteiger partial charge is 0.191 e. The maximum absolute atomic E-state index is 13.7. The van der Waals surface area contributed by atoms with Gasteiger partial charge in [-0.05, 0) is 32.4 Å². The summed E-state index contributed by atoms with van der Waals surface area (Å²) in [6.45, 7) is 7.29. The van der Waals surface area contributed by atoms with Crippen LogP contribution >= 0.6 is 11.6 Å². The van der Waals surface area contributed by atoms with E-state index < -0.39 is 26.9 Å². The fourth-order valence-electron chi connectivity index (χ4n) is 4.27. The van der Waals surface area contributed by atoms with Crippen LogP contribution in [0.2, 0.25) is 5.02 Å². The number of halogens is 1. The van der Waals surface area contributed by atoms with Gasteiger partial charge >= 0.3 is 0 Å². The van der Waals surface area contributed by atoms with Crippen molar-refractivity contribution < 1.29 is 22.4 Å². The van der Waals surface area contributed by atoms with Gasteiger partial charge < -0.3 is 14.0 Å². The second kappa shape index (κ2) is 11.2. The Kier molecular flexibility index (Phi) is 8.14. The molecule has 0 N–H and O–H groups in total. The third-order valence-corrected chi connectivity index (χ3v) is 8.64. The van der Waals surface area contributed by atoms with E-state index in [-0.39, 0.29) is 11.6 Å². The van der Waals surface area contributed by atoms with E-state index in [1.165, 1.54) is 19.5 Å². The Hall–Kier alpha value is -3.35. The highest BCUT2D eigenvalue weighted by atomic mass is 35.5. The summed E-state index contributed by atoms with van der Waals surface area (Å²) in [5, 5.41) is 12.2. The van der Waals surface area contributed by atoms with Crippen molar-refractivity contribution in [3.05, 3.63) is 64.2 Å². The highest BCUT2D eigenvalue weighted by molar-refractivity contribution is 7.91. The van der Waals surface area contributed by atoms with Crippen molar-refractivity contribution in [2.45, 2.75) is 51.2 Å². The first-order chi connectivity index (χ1) is 18.1. The molecule has 0 bridgehead atoms. The Morgan fingerprint density at radius 3 is 2.45 bits per heavy atom. The molecule has 3 heterocycles. The molecule has 0 saturated carbocycles. The van der Waals surface area contributed by atoms with Crippen LogP contribution in [-0.2, 0) is 26.7 Å². The molecule has 1 aromatic carbocycles. The van der Waals surface area contributed by atoms with Crippen molar-refractivity contribution >= 4 is 21.4 Å². The molecule has 0 aliphatic carbocycles. The molecule has 0 amide bonds. The van der Waals surface area contributed by atoms with E-state index in [0.717, 1.165) is 11.1 Å². The van der Waals surface area contributed by atoms with Gasteiger partial charge in [0, 0.05) is 31.5 Å². The number of hydrogen-bond donors (Lipinski definition) is 0. The molecule has 3 aromatic heterocycles. The summed E-state index contributed by atoms with van der Waals surface area (Å²) in [5.74, 6) is 1.54. The van der Waals surface area contributed by atoms with Crippen LogP contribution in [0.5, 0.6) is 5.75 Å². The number of aromatic nitrogens is 6. The van der Waals surface area contributed by atoms with Crippen LogP contribution in [0, 0.1) is 13.8 Å². The molecule has 0 unspecified atom stereocenters. The van der Waals surface area contributed by atoms with Crippen LogP contribution in [-0.4, -0.2) is 57.8 Å². The lowest BCUT2D eigenvalue weighted by Crippen LogP contribution is -2.30. The maximum Gasteiger partial charge on any atom is 0.191 e. The number of nitrogens with zero attached hydrogens (tertiary/aromatic N) is 6. The van der Waals surface area contributed by atoms with Crippen LogP contribution in [0.25, 0.3) is 17.2 Å². The Bertz CT molecular complexity index is 1530. The molecule has 4 aromatic rings. The lowest BCUT2D eigenvalue weighted by molar-refractivity contribution is 0.0948. The largest absolute Gasteiger partial charge is 0.495 e. The zero-order valence-electron chi connectivity index (χ0n) is 22.0. The lowest BCUT2D eigenvalue weighted by atomic mass is 10.1. The minimum absolute atomic E-state index is 0.187. The molecule has 38 heavy (non-hydrogen) atoms. The van der Waals surface area contributed by atoms with Gasteiger partial charge in [0.1, 0.15) is 23.4 Å². The fourth-order valence-corrected chi connectivity index (χ4v) is 5.78. The molecule has 11 nitrogen and oxygen atoms in total. The van der Waals surface area contributed by atoms with Gasteiger partial charge in [-0.25, -0.2) is 18.4 Å². The molecule has 0 spiro atoms. The van der Waals surface area contributed by atoms with Crippen molar-refractivity contribution in [3.63, 3.8) is 0 Å². The van der Waals surface area contributed by atoms with E-state index >= 15 is 0 Å². The molecule has 0 aliphatic rings. The zero-order valence-corrected chi connectivity index (χ0v) is 23.5.